The van der Waals surface area contributed by atoms with Crippen molar-refractivity contribution < 1.29 is 8.78 Å². The highest BCUT2D eigenvalue weighted by atomic mass is 35.5. The van der Waals surface area contributed by atoms with E-state index in [1.54, 1.807) is 0 Å². The van der Waals surface area contributed by atoms with Gasteiger partial charge < -0.3 is 5.32 Å². The van der Waals surface area contributed by atoms with E-state index in [-0.39, 0.29) is 16.8 Å². The largest absolute Gasteiger partial charge is 0.324 e. The Hall–Kier alpha value is -1.47. The summed E-state index contributed by atoms with van der Waals surface area (Å²) in [5.74, 6) is -1.22. The summed E-state index contributed by atoms with van der Waals surface area (Å²) in [5, 5.41) is 2.77. The molecule has 0 aliphatic rings. The van der Waals surface area contributed by atoms with Crippen LogP contribution in [0.2, 0.25) is 5.28 Å². The van der Waals surface area contributed by atoms with Gasteiger partial charge in [-0.1, -0.05) is 0 Å². The van der Waals surface area contributed by atoms with Crippen LogP contribution in [0.4, 0.5) is 20.4 Å². The Morgan fingerprint density at radius 3 is 2.79 bits per heavy atom. The minimum atomic E-state index is -0.922. The average molecular weight is 303 g/mol. The van der Waals surface area contributed by atoms with Gasteiger partial charge >= 0.3 is 0 Å². The summed E-state index contributed by atoms with van der Waals surface area (Å²) in [6.45, 7) is 0. The Labute approximate surface area is 117 Å². The molecule has 1 aromatic heterocycles. The van der Waals surface area contributed by atoms with E-state index in [9.17, 15) is 8.78 Å². The fourth-order valence-corrected chi connectivity index (χ4v) is 2.09. The van der Waals surface area contributed by atoms with E-state index in [1.807, 2.05) is 6.26 Å². The molecule has 0 aliphatic carbocycles. The second-order valence-corrected chi connectivity index (χ2v) is 4.77. The van der Waals surface area contributed by atoms with Crippen LogP contribution in [0, 0.1) is 11.6 Å². The number of thioether (sulfide) groups is 1. The van der Waals surface area contributed by atoms with E-state index >= 15 is 0 Å². The van der Waals surface area contributed by atoms with Crippen LogP contribution in [0.1, 0.15) is 5.56 Å². The third-order valence-electron chi connectivity index (χ3n) is 2.20. The Bertz CT molecular complexity index is 597. The van der Waals surface area contributed by atoms with E-state index in [4.69, 9.17) is 11.6 Å². The lowest BCUT2D eigenvalue weighted by Gasteiger charge is -2.08. The maximum absolute atomic E-state index is 13.5. The molecule has 0 fully saturated rings. The topological polar surface area (TPSA) is 50.7 Å². The van der Waals surface area contributed by atoms with Crippen molar-refractivity contribution >= 4 is 35.0 Å². The number of aromatic nitrogens is 3. The lowest BCUT2D eigenvalue weighted by Crippen LogP contribution is -2.01. The molecule has 0 spiro atoms. The minimum absolute atomic E-state index is 0.0180. The number of hydrogen-bond donors (Lipinski definition) is 1. The van der Waals surface area contributed by atoms with Crippen molar-refractivity contribution in [3.63, 3.8) is 0 Å². The third-order valence-corrected chi connectivity index (χ3v) is 2.98. The van der Waals surface area contributed by atoms with Gasteiger partial charge in [-0.3, -0.25) is 0 Å². The fourth-order valence-electron chi connectivity index (χ4n) is 1.44. The second kappa shape index (κ2) is 6.12. The zero-order valence-electron chi connectivity index (χ0n) is 9.82. The number of hydrogen-bond acceptors (Lipinski definition) is 5. The fraction of sp³-hybridized carbons (Fsp3) is 0.182. The molecule has 0 amide bonds. The predicted octanol–water partition coefficient (Wildman–Crippen LogP) is 3.41. The third kappa shape index (κ3) is 3.51. The van der Waals surface area contributed by atoms with Crippen molar-refractivity contribution in [2.45, 2.75) is 5.75 Å². The highest BCUT2D eigenvalue weighted by Crippen LogP contribution is 2.23. The molecule has 0 aliphatic heterocycles. The van der Waals surface area contributed by atoms with Gasteiger partial charge in [0.25, 0.3) is 0 Å². The maximum atomic E-state index is 13.5. The average Bonchev–Trinajstić information content (AvgIpc) is 2.35. The first-order valence-corrected chi connectivity index (χ1v) is 6.95. The molecule has 4 nitrogen and oxygen atoms in total. The second-order valence-electron chi connectivity index (χ2n) is 3.57. The molecule has 1 heterocycles. The number of halogens is 3. The lowest BCUT2D eigenvalue weighted by atomic mass is 10.2. The maximum Gasteiger partial charge on any atom is 0.231 e. The first-order chi connectivity index (χ1) is 9.10. The molecular weight excluding hydrogens is 294 g/mol. The van der Waals surface area contributed by atoms with E-state index in [0.717, 1.165) is 6.07 Å². The van der Waals surface area contributed by atoms with Gasteiger partial charge in [0.05, 0.1) is 0 Å². The van der Waals surface area contributed by atoms with Crippen LogP contribution < -0.4 is 5.32 Å². The van der Waals surface area contributed by atoms with E-state index in [1.165, 1.54) is 24.2 Å². The summed E-state index contributed by atoms with van der Waals surface area (Å²) in [6, 6.07) is 2.55. The van der Waals surface area contributed by atoms with Crippen molar-refractivity contribution in [2.75, 3.05) is 11.6 Å². The van der Waals surface area contributed by atoms with Gasteiger partial charge in [0.2, 0.25) is 11.2 Å². The minimum Gasteiger partial charge on any atom is -0.324 e. The first kappa shape index (κ1) is 14.0. The molecule has 0 radical (unpaired) electrons. The quantitative estimate of drug-likeness (QED) is 0.938. The molecule has 19 heavy (non-hydrogen) atoms. The molecule has 1 aromatic carbocycles. The SMILES string of the molecule is CSCc1cc(Nc2ncnc(Cl)n2)cc(F)c1F. The van der Waals surface area contributed by atoms with Crippen molar-refractivity contribution in [2.24, 2.45) is 0 Å². The Kier molecular flexibility index (Phi) is 4.49. The molecule has 0 saturated heterocycles. The van der Waals surface area contributed by atoms with Gasteiger partial charge in [-0.05, 0) is 23.9 Å². The number of nitrogens with one attached hydrogen (secondary N) is 1. The zero-order chi connectivity index (χ0) is 13.8. The van der Waals surface area contributed by atoms with Crippen molar-refractivity contribution in [3.8, 4) is 0 Å². The number of nitrogens with zero attached hydrogens (tertiary/aromatic N) is 3. The molecule has 0 saturated carbocycles. The van der Waals surface area contributed by atoms with Crippen molar-refractivity contribution in [3.05, 3.63) is 40.9 Å². The molecule has 100 valence electrons. The monoisotopic (exact) mass is 302 g/mol. The molecular formula is C11H9ClF2N4S. The van der Waals surface area contributed by atoms with Gasteiger partial charge in [-0.2, -0.15) is 16.7 Å². The van der Waals surface area contributed by atoms with Gasteiger partial charge in [0, 0.05) is 23.1 Å². The molecule has 0 atom stereocenters. The Morgan fingerprint density at radius 1 is 1.32 bits per heavy atom. The number of anilines is 2. The zero-order valence-corrected chi connectivity index (χ0v) is 11.4. The smallest absolute Gasteiger partial charge is 0.231 e. The molecule has 2 rings (SSSR count). The van der Waals surface area contributed by atoms with Crippen molar-refractivity contribution in [1.29, 1.82) is 0 Å². The highest BCUT2D eigenvalue weighted by Gasteiger charge is 2.11. The van der Waals surface area contributed by atoms with Gasteiger partial charge in [-0.15, -0.1) is 0 Å². The Balaban J connectivity index is 2.30. The van der Waals surface area contributed by atoms with Crippen LogP contribution >= 0.6 is 23.4 Å². The van der Waals surface area contributed by atoms with Crippen LogP contribution in [0.3, 0.4) is 0 Å². The van der Waals surface area contributed by atoms with E-state index < -0.39 is 11.6 Å². The molecule has 0 unspecified atom stereocenters. The Morgan fingerprint density at radius 2 is 2.11 bits per heavy atom. The van der Waals surface area contributed by atoms with Crippen LogP contribution in [-0.2, 0) is 5.75 Å². The van der Waals surface area contributed by atoms with Crippen LogP contribution in [-0.4, -0.2) is 21.2 Å². The molecule has 8 heteroatoms. The lowest BCUT2D eigenvalue weighted by molar-refractivity contribution is 0.503. The molecule has 1 N–H and O–H groups in total. The van der Waals surface area contributed by atoms with E-state index in [0.29, 0.717) is 11.4 Å². The van der Waals surface area contributed by atoms with Crippen LogP contribution in [0.5, 0.6) is 0 Å². The van der Waals surface area contributed by atoms with Gasteiger partial charge in [-0.25, -0.2) is 18.7 Å². The predicted molar refractivity (Wildman–Crippen MR) is 71.7 cm³/mol. The van der Waals surface area contributed by atoms with Crippen LogP contribution in [0.15, 0.2) is 18.5 Å². The summed E-state index contributed by atoms with van der Waals surface area (Å²) < 4.78 is 26.9. The van der Waals surface area contributed by atoms with Gasteiger partial charge in [0.1, 0.15) is 6.33 Å². The molecule has 0 bridgehead atoms. The standard InChI is InChI=1S/C11H9ClF2N4S/c1-19-4-6-2-7(3-8(13)9(6)14)17-11-16-5-15-10(12)18-11/h2-3,5H,4H2,1H3,(H,15,16,17,18). The first-order valence-electron chi connectivity index (χ1n) is 5.18. The van der Waals surface area contributed by atoms with Gasteiger partial charge in [0.15, 0.2) is 11.6 Å². The normalized spacial score (nSPS) is 10.5. The number of benzene rings is 1. The van der Waals surface area contributed by atoms with Crippen molar-refractivity contribution in [1.82, 2.24) is 15.0 Å². The van der Waals surface area contributed by atoms with Crippen LogP contribution in [0.25, 0.3) is 0 Å². The summed E-state index contributed by atoms with van der Waals surface area (Å²) in [7, 11) is 0. The number of rotatable bonds is 4. The summed E-state index contributed by atoms with van der Waals surface area (Å²) in [4.78, 5) is 11.3. The highest BCUT2D eigenvalue weighted by molar-refractivity contribution is 7.97. The summed E-state index contributed by atoms with van der Waals surface area (Å²) >= 11 is 7.01. The van der Waals surface area contributed by atoms with E-state index in [2.05, 4.69) is 20.3 Å². The summed E-state index contributed by atoms with van der Waals surface area (Å²) in [6.07, 6.45) is 3.03. The molecule has 2 aromatic rings. The summed E-state index contributed by atoms with van der Waals surface area (Å²) in [5.41, 5.74) is 0.625.